The second kappa shape index (κ2) is 5.75. The molecule has 5 nitrogen and oxygen atoms in total. The summed E-state index contributed by atoms with van der Waals surface area (Å²) in [6, 6.07) is 1.41. The van der Waals surface area contributed by atoms with Gasteiger partial charge >= 0.3 is 5.97 Å². The van der Waals surface area contributed by atoms with E-state index in [0.717, 1.165) is 7.11 Å². The lowest BCUT2D eigenvalue weighted by atomic mass is 10.1. The number of fused-ring (bicyclic) bond motifs is 1. The van der Waals surface area contributed by atoms with Crippen molar-refractivity contribution in [2.45, 2.75) is 12.5 Å². The Bertz CT molecular complexity index is 505. The number of hydrogen-bond donors (Lipinski definition) is 1. The minimum absolute atomic E-state index is 0.0381. The summed E-state index contributed by atoms with van der Waals surface area (Å²) in [6.07, 6.45) is -1.14. The van der Waals surface area contributed by atoms with Gasteiger partial charge in [-0.1, -0.05) is 0 Å². The molecule has 0 saturated heterocycles. The number of esters is 1. The largest absolute Gasteiger partial charge is 0.490 e. The zero-order valence-electron chi connectivity index (χ0n) is 10.1. The second-order valence-corrected chi connectivity index (χ2v) is 4.74. The van der Waals surface area contributed by atoms with Crippen LogP contribution in [0.15, 0.2) is 10.5 Å². The van der Waals surface area contributed by atoms with Crippen molar-refractivity contribution in [3.8, 4) is 11.5 Å². The third kappa shape index (κ3) is 2.66. The standard InChI is InChI=1S/C12H12BrFO5/c1-17-12(16)10(15)8-9(14)6(13)5-7-11(8)19-4-2-3-18-7/h5,10,15H,2-4H2,1H3. The van der Waals surface area contributed by atoms with Gasteiger partial charge in [-0.15, -0.1) is 0 Å². The van der Waals surface area contributed by atoms with Gasteiger partial charge in [-0.3, -0.25) is 0 Å². The van der Waals surface area contributed by atoms with Crippen LogP contribution in [-0.4, -0.2) is 31.4 Å². The van der Waals surface area contributed by atoms with Gasteiger partial charge in [-0.25, -0.2) is 9.18 Å². The lowest BCUT2D eigenvalue weighted by Crippen LogP contribution is -2.17. The fourth-order valence-corrected chi connectivity index (χ4v) is 2.17. The molecule has 0 aliphatic carbocycles. The van der Waals surface area contributed by atoms with Gasteiger partial charge in [0, 0.05) is 12.5 Å². The highest BCUT2D eigenvalue weighted by molar-refractivity contribution is 9.10. The Labute approximate surface area is 117 Å². The van der Waals surface area contributed by atoms with Gasteiger partial charge in [-0.05, 0) is 15.9 Å². The molecule has 7 heteroatoms. The molecular weight excluding hydrogens is 323 g/mol. The van der Waals surface area contributed by atoms with Crippen molar-refractivity contribution >= 4 is 21.9 Å². The summed E-state index contributed by atoms with van der Waals surface area (Å²) in [5.74, 6) is -1.42. The van der Waals surface area contributed by atoms with Crippen molar-refractivity contribution in [2.24, 2.45) is 0 Å². The average Bonchev–Trinajstić information content (AvgIpc) is 2.63. The molecule has 0 radical (unpaired) electrons. The Morgan fingerprint density at radius 3 is 2.89 bits per heavy atom. The van der Waals surface area contributed by atoms with Crippen LogP contribution in [0.2, 0.25) is 0 Å². The van der Waals surface area contributed by atoms with E-state index in [1.165, 1.54) is 6.07 Å². The van der Waals surface area contributed by atoms with E-state index in [1.54, 1.807) is 0 Å². The van der Waals surface area contributed by atoms with E-state index in [4.69, 9.17) is 9.47 Å². The Hall–Kier alpha value is -1.34. The maximum Gasteiger partial charge on any atom is 0.339 e. The highest BCUT2D eigenvalue weighted by Crippen LogP contribution is 2.42. The number of benzene rings is 1. The predicted molar refractivity (Wildman–Crippen MR) is 66.7 cm³/mol. The predicted octanol–water partition coefficient (Wildman–Crippen LogP) is 1.96. The zero-order valence-corrected chi connectivity index (χ0v) is 11.7. The van der Waals surface area contributed by atoms with E-state index >= 15 is 0 Å². The van der Waals surface area contributed by atoms with Crippen LogP contribution >= 0.6 is 15.9 Å². The molecule has 19 heavy (non-hydrogen) atoms. The van der Waals surface area contributed by atoms with Crippen molar-refractivity contribution in [3.63, 3.8) is 0 Å². The van der Waals surface area contributed by atoms with Gasteiger partial charge in [0.15, 0.2) is 17.6 Å². The van der Waals surface area contributed by atoms with E-state index in [1.807, 2.05) is 0 Å². The maximum absolute atomic E-state index is 14.1. The molecule has 0 fully saturated rings. The van der Waals surface area contributed by atoms with Crippen LogP contribution in [0.5, 0.6) is 11.5 Å². The summed E-state index contributed by atoms with van der Waals surface area (Å²) >= 11 is 3.02. The molecule has 2 rings (SSSR count). The highest BCUT2D eigenvalue weighted by atomic mass is 79.9. The number of halogens is 2. The van der Waals surface area contributed by atoms with Crippen LogP contribution in [0, 0.1) is 5.82 Å². The number of methoxy groups -OCH3 is 1. The van der Waals surface area contributed by atoms with Crippen molar-refractivity contribution in [1.29, 1.82) is 0 Å². The van der Waals surface area contributed by atoms with Crippen molar-refractivity contribution < 1.29 is 28.5 Å². The first kappa shape index (κ1) is 14.1. The molecular formula is C12H12BrFO5. The van der Waals surface area contributed by atoms with Gasteiger partial charge in [0.1, 0.15) is 5.82 Å². The molecule has 0 spiro atoms. The monoisotopic (exact) mass is 334 g/mol. The summed E-state index contributed by atoms with van der Waals surface area (Å²) in [7, 11) is 1.11. The number of aliphatic hydroxyl groups is 1. The number of aliphatic hydroxyl groups excluding tert-OH is 1. The van der Waals surface area contributed by atoms with Gasteiger partial charge < -0.3 is 19.3 Å². The number of hydrogen-bond acceptors (Lipinski definition) is 5. The Morgan fingerprint density at radius 2 is 2.21 bits per heavy atom. The van der Waals surface area contributed by atoms with Crippen LogP contribution in [0.4, 0.5) is 4.39 Å². The van der Waals surface area contributed by atoms with E-state index in [0.29, 0.717) is 19.6 Å². The normalized spacial score (nSPS) is 15.6. The van der Waals surface area contributed by atoms with E-state index < -0.39 is 17.9 Å². The van der Waals surface area contributed by atoms with Crippen LogP contribution in [0.3, 0.4) is 0 Å². The number of ether oxygens (including phenoxy) is 3. The summed E-state index contributed by atoms with van der Waals surface area (Å²) in [4.78, 5) is 11.4. The SMILES string of the molecule is COC(=O)C(O)c1c(F)c(Br)cc2c1OCCCO2. The smallest absolute Gasteiger partial charge is 0.339 e. The second-order valence-electron chi connectivity index (χ2n) is 3.89. The molecule has 0 aromatic heterocycles. The summed E-state index contributed by atoms with van der Waals surface area (Å²) < 4.78 is 29.4. The lowest BCUT2D eigenvalue weighted by molar-refractivity contribution is -0.151. The van der Waals surface area contributed by atoms with Gasteiger partial charge in [0.05, 0.1) is 30.4 Å². The van der Waals surface area contributed by atoms with Crippen LogP contribution in [0.25, 0.3) is 0 Å². The van der Waals surface area contributed by atoms with Gasteiger partial charge in [0.25, 0.3) is 0 Å². The van der Waals surface area contributed by atoms with Gasteiger partial charge in [0.2, 0.25) is 0 Å². The average molecular weight is 335 g/mol. The Kier molecular flexibility index (Phi) is 4.26. The molecule has 1 N–H and O–H groups in total. The van der Waals surface area contributed by atoms with Crippen molar-refractivity contribution in [2.75, 3.05) is 20.3 Å². The first-order chi connectivity index (χ1) is 9.06. The number of carbonyl (C=O) groups is 1. The van der Waals surface area contributed by atoms with Crippen LogP contribution in [0.1, 0.15) is 18.1 Å². The van der Waals surface area contributed by atoms with Crippen molar-refractivity contribution in [1.82, 2.24) is 0 Å². The molecule has 1 atom stereocenters. The summed E-state index contributed by atoms with van der Waals surface area (Å²) in [5, 5.41) is 9.87. The van der Waals surface area contributed by atoms with Crippen LogP contribution in [-0.2, 0) is 9.53 Å². The summed E-state index contributed by atoms with van der Waals surface area (Å²) in [6.45, 7) is 0.730. The topological polar surface area (TPSA) is 65.0 Å². The van der Waals surface area contributed by atoms with Crippen LogP contribution < -0.4 is 9.47 Å². The molecule has 1 heterocycles. The maximum atomic E-state index is 14.1. The molecule has 0 amide bonds. The first-order valence-corrected chi connectivity index (χ1v) is 6.39. The molecule has 1 unspecified atom stereocenters. The number of rotatable bonds is 2. The first-order valence-electron chi connectivity index (χ1n) is 5.59. The highest BCUT2D eigenvalue weighted by Gasteiger charge is 2.31. The molecule has 1 aromatic rings. The summed E-state index contributed by atoms with van der Waals surface area (Å²) in [5.41, 5.74) is -0.280. The fourth-order valence-electron chi connectivity index (χ4n) is 1.75. The van der Waals surface area contributed by atoms with Crippen molar-refractivity contribution in [3.05, 3.63) is 21.9 Å². The molecule has 1 aliphatic rings. The third-order valence-electron chi connectivity index (χ3n) is 2.66. The molecule has 1 aliphatic heterocycles. The minimum atomic E-state index is -1.77. The van der Waals surface area contributed by atoms with E-state index in [-0.39, 0.29) is 21.5 Å². The zero-order chi connectivity index (χ0) is 14.0. The Morgan fingerprint density at radius 1 is 1.53 bits per heavy atom. The molecule has 1 aromatic carbocycles. The quantitative estimate of drug-likeness (QED) is 0.837. The van der Waals surface area contributed by atoms with E-state index in [9.17, 15) is 14.3 Å². The Balaban J connectivity index is 2.57. The number of carbonyl (C=O) groups excluding carboxylic acids is 1. The molecule has 0 saturated carbocycles. The van der Waals surface area contributed by atoms with E-state index in [2.05, 4.69) is 20.7 Å². The molecule has 104 valence electrons. The molecule has 0 bridgehead atoms. The lowest BCUT2D eigenvalue weighted by Gasteiger charge is -2.17. The fraction of sp³-hybridized carbons (Fsp3) is 0.417. The third-order valence-corrected chi connectivity index (χ3v) is 3.24. The minimum Gasteiger partial charge on any atom is -0.490 e. The van der Waals surface area contributed by atoms with Gasteiger partial charge in [-0.2, -0.15) is 0 Å².